The quantitative estimate of drug-likeness (QED) is 0.559. The second kappa shape index (κ2) is 10.8. The van der Waals surface area contributed by atoms with Crippen molar-refractivity contribution in [2.75, 3.05) is 55.2 Å². The number of carbonyl (C=O) groups excluding carboxylic acids is 1. The number of piperazine rings is 1. The largest absolute Gasteiger partial charge is 0.369 e. The van der Waals surface area contributed by atoms with Gasteiger partial charge in [-0.15, -0.1) is 0 Å². The van der Waals surface area contributed by atoms with E-state index < -0.39 is 72.4 Å². The Morgan fingerprint density at radius 1 is 1.36 bits per heavy atom. The Hall–Kier alpha value is -1.64. The molecule has 2 rings (SSSR count). The lowest BCUT2D eigenvalue weighted by Crippen LogP contribution is -2.46. The number of hydrogen-bond acceptors (Lipinski definition) is 5. The molecule has 0 unspecified atom stereocenters. The molecular weight excluding hydrogens is 376 g/mol. The fourth-order valence-corrected chi connectivity index (χ4v) is 3.37. The molecule has 1 aromatic carbocycles. The zero-order valence-corrected chi connectivity index (χ0v) is 16.0. The van der Waals surface area contributed by atoms with Gasteiger partial charge in [0.1, 0.15) is 1.41 Å². The Balaban J connectivity index is 2.05. The number of nitrogens with one attached hydrogen (secondary N) is 2. The number of sulfonamides is 1. The standard InChI is InChI=1S/C20H34N4O3S/c1-17(2)16-28(26,27)21-9-4-5-10-23-11-13-24(14-12-23)20-8-6-7-19(15-20)22-18(3)25/h6-8,15,17,21H,4-5,9-14,16H2,1-3H3,(H,22,25)/i1D3,2D3,3D3,7D,8D,15D,16D2,17D/hD2. The molecule has 0 aliphatic carbocycles. The van der Waals surface area contributed by atoms with Crippen LogP contribution in [0.15, 0.2) is 24.2 Å². The molecule has 0 radical (unpaired) electrons. The fraction of sp³-hybridized carbons (Fsp3) is 0.650. The first-order valence-corrected chi connectivity index (χ1v) is 10.0. The molecule has 1 aliphatic rings. The number of unbranched alkanes of at least 4 members (excludes halogenated alkanes) is 1. The Morgan fingerprint density at radius 3 is 2.86 bits per heavy atom. The normalized spacial score (nSPS) is 27.0. The molecule has 0 spiro atoms. The first-order valence-electron chi connectivity index (χ1n) is 17.0. The minimum Gasteiger partial charge on any atom is -0.369 e. The van der Waals surface area contributed by atoms with E-state index in [0.717, 1.165) is 6.07 Å². The molecule has 0 saturated carbocycles. The van der Waals surface area contributed by atoms with E-state index in [1.807, 2.05) is 4.90 Å². The van der Waals surface area contributed by atoms with Gasteiger partial charge in [-0.05, 0) is 43.4 Å². The van der Waals surface area contributed by atoms with Crippen LogP contribution in [0.5, 0.6) is 0 Å². The average molecular weight is 428 g/mol. The van der Waals surface area contributed by atoms with Crippen molar-refractivity contribution in [1.29, 1.82) is 0 Å². The van der Waals surface area contributed by atoms with Gasteiger partial charge < -0.3 is 10.2 Å². The van der Waals surface area contributed by atoms with Crippen molar-refractivity contribution in [2.45, 2.75) is 33.4 Å². The summed E-state index contributed by atoms with van der Waals surface area (Å²) in [6, 6.07) is -0.294. The SMILES string of the molecule is [2H]c1cc([2H])c(N([2H])C(=O)C([2H])([2H])[2H])c([2H])c1N1CCN(CCCCN([2H])S(=O)(=O)C([2H])([2H])C([2H])(C([2H])([2H])[2H])C([2H])([2H])[2H])CC1. The molecule has 0 aromatic heterocycles. The second-order valence-electron chi connectivity index (χ2n) is 6.01. The molecular formula is C20H34N4O3S. The molecule has 1 amide bonds. The monoisotopic (exact) mass is 427 g/mol. The Labute approximate surface area is 193 Å². The Morgan fingerprint density at radius 2 is 2.14 bits per heavy atom. The number of rotatable bonds is 10. The number of anilines is 2. The Bertz CT molecular complexity index is 1330. The maximum atomic E-state index is 12.8. The van der Waals surface area contributed by atoms with Crippen molar-refractivity contribution >= 4 is 27.3 Å². The van der Waals surface area contributed by atoms with E-state index in [2.05, 4.69) is 0 Å². The van der Waals surface area contributed by atoms with Crippen LogP contribution in [0.25, 0.3) is 0 Å². The number of carbonyl (C=O) groups is 1. The molecule has 1 aromatic rings. The van der Waals surface area contributed by atoms with Gasteiger partial charge in [-0.25, -0.2) is 13.1 Å². The van der Waals surface area contributed by atoms with Crippen molar-refractivity contribution in [3.8, 4) is 0 Å². The maximum Gasteiger partial charge on any atom is 0.221 e. The van der Waals surface area contributed by atoms with Crippen molar-refractivity contribution in [3.63, 3.8) is 0 Å². The molecule has 2 N–H and O–H groups in total. The fourth-order valence-electron chi connectivity index (χ4n) is 2.68. The summed E-state index contributed by atoms with van der Waals surface area (Å²) in [7, 11) is -5.55. The minimum atomic E-state index is -5.55. The van der Waals surface area contributed by atoms with Crippen molar-refractivity contribution in [2.24, 2.45) is 5.89 Å². The average Bonchev–Trinajstić information content (AvgIpc) is 2.88. The van der Waals surface area contributed by atoms with Crippen LogP contribution in [0.1, 0.15) is 54.0 Å². The van der Waals surface area contributed by atoms with Gasteiger partial charge in [0.25, 0.3) is 0 Å². The summed E-state index contributed by atoms with van der Waals surface area (Å²) in [5.41, 5.74) is -4.75. The van der Waals surface area contributed by atoms with Gasteiger partial charge in [-0.3, -0.25) is 9.69 Å². The number of benzene rings is 1. The van der Waals surface area contributed by atoms with Gasteiger partial charge in [0.05, 0.1) is 9.82 Å². The molecule has 0 bridgehead atoms. The van der Waals surface area contributed by atoms with Crippen molar-refractivity contribution < 1.29 is 36.6 Å². The van der Waals surface area contributed by atoms with Gasteiger partial charge >= 0.3 is 0 Å². The summed E-state index contributed by atoms with van der Waals surface area (Å²) in [5, 5.41) is -0.0333. The van der Waals surface area contributed by atoms with Crippen molar-refractivity contribution in [1.82, 2.24) is 9.62 Å². The van der Waals surface area contributed by atoms with E-state index in [0.29, 0.717) is 19.6 Å². The lowest BCUT2D eigenvalue weighted by molar-refractivity contribution is -0.114. The van der Waals surface area contributed by atoms with Crippen LogP contribution in [0, 0.1) is 5.89 Å². The van der Waals surface area contributed by atoms with E-state index in [4.69, 9.17) is 23.4 Å². The maximum absolute atomic E-state index is 12.8. The summed E-state index contributed by atoms with van der Waals surface area (Å²) in [6.45, 7) is -9.98. The number of amides is 1. The molecule has 1 heterocycles. The van der Waals surface area contributed by atoms with E-state index in [1.54, 1.807) is 4.90 Å². The summed E-state index contributed by atoms with van der Waals surface area (Å²) in [5.74, 6) is -5.68. The zero-order valence-electron chi connectivity index (χ0n) is 32.2. The topological polar surface area (TPSA) is 81.8 Å². The zero-order chi connectivity index (χ0) is 35.1. The number of hydrogen-bond donors (Lipinski definition) is 2. The van der Waals surface area contributed by atoms with Crippen LogP contribution in [0.2, 0.25) is 2.82 Å². The van der Waals surface area contributed by atoms with Gasteiger partial charge in [-0.2, -0.15) is 0 Å². The third-order valence-electron chi connectivity index (χ3n) is 3.93. The van der Waals surface area contributed by atoms with Crippen molar-refractivity contribution in [3.05, 3.63) is 24.2 Å². The lowest BCUT2D eigenvalue weighted by atomic mass is 10.2. The molecule has 1 aliphatic heterocycles. The highest BCUT2D eigenvalue weighted by molar-refractivity contribution is 7.89. The van der Waals surface area contributed by atoms with Crippen LogP contribution >= 0.6 is 0 Å². The summed E-state index contributed by atoms with van der Waals surface area (Å²) >= 11 is 0. The predicted molar refractivity (Wildman–Crippen MR) is 115 cm³/mol. The van der Waals surface area contributed by atoms with Crippen LogP contribution < -0.4 is 14.9 Å². The van der Waals surface area contributed by atoms with Gasteiger partial charge in [0, 0.05) is 67.4 Å². The van der Waals surface area contributed by atoms with E-state index in [-0.39, 0.29) is 47.7 Å². The first kappa shape index (κ1) is 8.62. The number of nitrogens with zero attached hydrogens (tertiary/aromatic N) is 2. The van der Waals surface area contributed by atoms with Crippen LogP contribution in [-0.2, 0) is 14.8 Å². The first-order chi connectivity index (χ1) is 20.1. The highest BCUT2D eigenvalue weighted by Gasteiger charge is 2.17. The lowest BCUT2D eigenvalue weighted by Gasteiger charge is -2.36. The molecule has 1 saturated heterocycles. The Kier molecular flexibility index (Phi) is 3.32. The molecule has 158 valence electrons. The molecule has 8 heteroatoms. The van der Waals surface area contributed by atoms with E-state index in [1.165, 1.54) is 0 Å². The van der Waals surface area contributed by atoms with Gasteiger partial charge in [0.2, 0.25) is 15.9 Å². The van der Waals surface area contributed by atoms with E-state index >= 15 is 0 Å². The second-order valence-corrected chi connectivity index (χ2v) is 7.43. The molecule has 28 heavy (non-hydrogen) atoms. The third-order valence-corrected chi connectivity index (χ3v) is 4.92. The minimum absolute atomic E-state index is 0.000140. The van der Waals surface area contributed by atoms with Crippen LogP contribution in [0.4, 0.5) is 11.4 Å². The highest BCUT2D eigenvalue weighted by atomic mass is 32.2. The highest BCUT2D eigenvalue weighted by Crippen LogP contribution is 2.21. The van der Waals surface area contributed by atoms with E-state index in [9.17, 15) is 13.2 Å². The molecule has 7 nitrogen and oxygen atoms in total. The van der Waals surface area contributed by atoms with Gasteiger partial charge in [-0.1, -0.05) is 19.8 Å². The summed E-state index contributed by atoms with van der Waals surface area (Å²) < 4.78 is 156. The predicted octanol–water partition coefficient (Wildman–Crippen LogP) is 2.12. The molecule has 1 fully saturated rings. The smallest absolute Gasteiger partial charge is 0.221 e. The third kappa shape index (κ3) is 8.16. The van der Waals surface area contributed by atoms with Crippen LogP contribution in [-0.4, -0.2) is 64.2 Å². The summed E-state index contributed by atoms with van der Waals surface area (Å²) in [4.78, 5) is 15.6. The summed E-state index contributed by atoms with van der Waals surface area (Å²) in [6.07, 6.45) is 0.263. The van der Waals surface area contributed by atoms with Gasteiger partial charge in [0.15, 0.2) is 1.41 Å². The molecule has 0 atom stereocenters. The van der Waals surface area contributed by atoms with Crippen LogP contribution in [0.3, 0.4) is 0 Å².